The van der Waals surface area contributed by atoms with Crippen LogP contribution in [0.4, 0.5) is 0 Å². The highest BCUT2D eigenvalue weighted by atomic mass is 16.5. The Morgan fingerprint density at radius 3 is 2.58 bits per heavy atom. The van der Waals surface area contributed by atoms with Crippen molar-refractivity contribution < 1.29 is 14.6 Å². The van der Waals surface area contributed by atoms with Crippen LogP contribution in [0.3, 0.4) is 0 Å². The molecule has 0 aliphatic heterocycles. The van der Waals surface area contributed by atoms with Crippen molar-refractivity contribution in [3.8, 4) is 5.75 Å². The Hall–Kier alpha value is -2.43. The maximum Gasteiger partial charge on any atom is 0.358 e. The number of hydrogen-bond donors (Lipinski definition) is 1. The van der Waals surface area contributed by atoms with Gasteiger partial charge < -0.3 is 9.84 Å². The van der Waals surface area contributed by atoms with Crippen LogP contribution in [0.1, 0.15) is 27.6 Å². The highest BCUT2D eigenvalue weighted by molar-refractivity contribution is 5.88. The van der Waals surface area contributed by atoms with E-state index < -0.39 is 5.97 Å². The smallest absolute Gasteiger partial charge is 0.358 e. The molecule has 19 heavy (non-hydrogen) atoms. The monoisotopic (exact) mass is 258 g/mol. The van der Waals surface area contributed by atoms with Gasteiger partial charge in [-0.25, -0.2) is 9.78 Å². The molecule has 0 amide bonds. The fourth-order valence-corrected chi connectivity index (χ4v) is 1.65. The van der Waals surface area contributed by atoms with Crippen LogP contribution in [0.5, 0.6) is 5.75 Å². The summed E-state index contributed by atoms with van der Waals surface area (Å²) in [5.74, 6) is -0.850. The van der Waals surface area contributed by atoms with Crippen molar-refractivity contribution in [2.24, 2.45) is 0 Å². The second-order valence-corrected chi connectivity index (χ2v) is 4.16. The molecule has 0 fully saturated rings. The zero-order chi connectivity index (χ0) is 13.8. The van der Waals surface area contributed by atoms with E-state index in [9.17, 15) is 4.79 Å². The summed E-state index contributed by atoms with van der Waals surface area (Å²) in [6.45, 7) is 3.84. The summed E-state index contributed by atoms with van der Waals surface area (Å²) in [7, 11) is 0. The third-order valence-electron chi connectivity index (χ3n) is 2.52. The lowest BCUT2D eigenvalue weighted by atomic mass is 10.3. The Balaban J connectivity index is 2.17. The molecule has 0 atom stereocenters. The second-order valence-electron chi connectivity index (χ2n) is 4.16. The van der Waals surface area contributed by atoms with Crippen LogP contribution < -0.4 is 4.74 Å². The number of carbonyl (C=O) groups is 1. The first kappa shape index (κ1) is 13.0. The molecule has 98 valence electrons. The molecule has 0 aliphatic rings. The van der Waals surface area contributed by atoms with Gasteiger partial charge in [0.1, 0.15) is 6.61 Å². The summed E-state index contributed by atoms with van der Waals surface area (Å²) in [6.07, 6.45) is 0. The molecule has 0 saturated heterocycles. The van der Waals surface area contributed by atoms with Crippen LogP contribution in [-0.4, -0.2) is 21.0 Å². The lowest BCUT2D eigenvalue weighted by Crippen LogP contribution is -2.07. The molecule has 0 aliphatic carbocycles. The van der Waals surface area contributed by atoms with E-state index in [0.29, 0.717) is 5.69 Å². The predicted octanol–water partition coefficient (Wildman–Crippen LogP) is 2.37. The zero-order valence-corrected chi connectivity index (χ0v) is 10.8. The van der Waals surface area contributed by atoms with E-state index >= 15 is 0 Å². The van der Waals surface area contributed by atoms with Crippen LogP contribution in [0, 0.1) is 13.8 Å². The maximum absolute atomic E-state index is 11.1. The first-order chi connectivity index (χ1) is 9.06. The minimum Gasteiger partial charge on any atom is -0.485 e. The average Bonchev–Trinajstić information content (AvgIpc) is 2.37. The van der Waals surface area contributed by atoms with Crippen LogP contribution in [-0.2, 0) is 6.61 Å². The van der Waals surface area contributed by atoms with Crippen molar-refractivity contribution in [1.29, 1.82) is 0 Å². The lowest BCUT2D eigenvalue weighted by molar-refractivity contribution is 0.0684. The van der Waals surface area contributed by atoms with Crippen molar-refractivity contribution in [2.45, 2.75) is 20.5 Å². The number of nitrogens with zero attached hydrogens (tertiary/aromatic N) is 2. The molecule has 2 aromatic rings. The van der Waals surface area contributed by atoms with E-state index in [1.165, 1.54) is 0 Å². The van der Waals surface area contributed by atoms with E-state index in [1.54, 1.807) is 19.1 Å². The molecule has 0 aromatic carbocycles. The van der Waals surface area contributed by atoms with Crippen LogP contribution in [0.2, 0.25) is 0 Å². The topological polar surface area (TPSA) is 72.3 Å². The van der Waals surface area contributed by atoms with Gasteiger partial charge in [-0.1, -0.05) is 6.07 Å². The number of aromatic nitrogens is 2. The summed E-state index contributed by atoms with van der Waals surface area (Å²) in [5, 5.41) is 9.07. The van der Waals surface area contributed by atoms with Crippen LogP contribution in [0.25, 0.3) is 0 Å². The van der Waals surface area contributed by atoms with Gasteiger partial charge in [-0.15, -0.1) is 0 Å². The highest BCUT2D eigenvalue weighted by Crippen LogP contribution is 2.18. The standard InChI is InChI=1S/C14H14N2O3/c1-9-4-3-5-11(15-9)8-19-12-7-6-10(2)16-13(12)14(17)18/h3-7H,8H2,1-2H3,(H,17,18). The Morgan fingerprint density at radius 2 is 1.89 bits per heavy atom. The summed E-state index contributed by atoms with van der Waals surface area (Å²) in [6, 6.07) is 8.92. The van der Waals surface area contributed by atoms with Crippen LogP contribution in [0.15, 0.2) is 30.3 Å². The molecule has 0 saturated carbocycles. The number of carboxylic acids is 1. The lowest BCUT2D eigenvalue weighted by Gasteiger charge is -2.09. The summed E-state index contributed by atoms with van der Waals surface area (Å²) in [4.78, 5) is 19.3. The number of carboxylic acid groups (broad SMARTS) is 1. The van der Waals surface area contributed by atoms with Crippen molar-refractivity contribution in [1.82, 2.24) is 9.97 Å². The predicted molar refractivity (Wildman–Crippen MR) is 69.2 cm³/mol. The number of aryl methyl sites for hydroxylation is 2. The Morgan fingerprint density at radius 1 is 1.16 bits per heavy atom. The molecule has 2 aromatic heterocycles. The van der Waals surface area contributed by atoms with Gasteiger partial charge in [0.15, 0.2) is 11.4 Å². The Labute approximate surface area is 110 Å². The summed E-state index contributed by atoms with van der Waals surface area (Å²) < 4.78 is 5.49. The SMILES string of the molecule is Cc1cccc(COc2ccc(C)nc2C(=O)O)n1. The van der Waals surface area contributed by atoms with E-state index in [2.05, 4.69) is 9.97 Å². The molecule has 2 heterocycles. The van der Waals surface area contributed by atoms with Gasteiger partial charge in [0, 0.05) is 11.4 Å². The first-order valence-electron chi connectivity index (χ1n) is 5.82. The molecule has 2 rings (SSSR count). The summed E-state index contributed by atoms with van der Waals surface area (Å²) >= 11 is 0. The van der Waals surface area contributed by atoms with Gasteiger partial charge in [0.05, 0.1) is 5.69 Å². The van der Waals surface area contributed by atoms with Gasteiger partial charge >= 0.3 is 5.97 Å². The largest absolute Gasteiger partial charge is 0.485 e. The number of pyridine rings is 2. The summed E-state index contributed by atoms with van der Waals surface area (Å²) in [5.41, 5.74) is 2.20. The molecule has 0 radical (unpaired) electrons. The minimum atomic E-state index is -1.10. The fourth-order valence-electron chi connectivity index (χ4n) is 1.65. The molecule has 0 unspecified atom stereocenters. The van der Waals surface area contributed by atoms with Gasteiger partial charge in [0.25, 0.3) is 0 Å². The number of ether oxygens (including phenoxy) is 1. The third-order valence-corrected chi connectivity index (χ3v) is 2.52. The Kier molecular flexibility index (Phi) is 3.75. The van der Waals surface area contributed by atoms with Gasteiger partial charge in [0.2, 0.25) is 0 Å². The van der Waals surface area contributed by atoms with E-state index in [-0.39, 0.29) is 18.1 Å². The van der Waals surface area contributed by atoms with Crippen molar-refractivity contribution in [3.05, 3.63) is 53.1 Å². The Bertz CT molecular complexity index is 611. The van der Waals surface area contributed by atoms with E-state index in [0.717, 1.165) is 11.4 Å². The normalized spacial score (nSPS) is 10.2. The molecule has 5 nitrogen and oxygen atoms in total. The molecular weight excluding hydrogens is 244 g/mol. The molecule has 0 spiro atoms. The third kappa shape index (κ3) is 3.28. The second kappa shape index (κ2) is 5.48. The van der Waals surface area contributed by atoms with E-state index in [4.69, 9.17) is 9.84 Å². The number of hydrogen-bond acceptors (Lipinski definition) is 4. The van der Waals surface area contributed by atoms with Gasteiger partial charge in [-0.2, -0.15) is 0 Å². The fraction of sp³-hybridized carbons (Fsp3) is 0.214. The van der Waals surface area contributed by atoms with E-state index in [1.807, 2.05) is 25.1 Å². The van der Waals surface area contributed by atoms with Crippen molar-refractivity contribution in [3.63, 3.8) is 0 Å². The average molecular weight is 258 g/mol. The van der Waals surface area contributed by atoms with Crippen molar-refractivity contribution >= 4 is 5.97 Å². The minimum absolute atomic E-state index is 0.0762. The molecular formula is C14H14N2O3. The maximum atomic E-state index is 11.1. The molecule has 1 N–H and O–H groups in total. The molecule has 0 bridgehead atoms. The zero-order valence-electron chi connectivity index (χ0n) is 10.8. The quantitative estimate of drug-likeness (QED) is 0.911. The number of aromatic carboxylic acids is 1. The van der Waals surface area contributed by atoms with Crippen LogP contribution >= 0.6 is 0 Å². The first-order valence-corrected chi connectivity index (χ1v) is 5.82. The number of rotatable bonds is 4. The highest BCUT2D eigenvalue weighted by Gasteiger charge is 2.13. The van der Waals surface area contributed by atoms with Crippen molar-refractivity contribution in [2.75, 3.05) is 0 Å². The van der Waals surface area contributed by atoms with Gasteiger partial charge in [-0.3, -0.25) is 4.98 Å². The molecule has 5 heteroatoms. The van der Waals surface area contributed by atoms with Gasteiger partial charge in [-0.05, 0) is 38.1 Å².